The first-order valence-electron chi connectivity index (χ1n) is 7.04. The molecule has 0 saturated heterocycles. The number of carbonyl (C=O) groups is 1. The summed E-state index contributed by atoms with van der Waals surface area (Å²) in [4.78, 5) is 26.4. The highest BCUT2D eigenvalue weighted by Crippen LogP contribution is 2.15. The summed E-state index contributed by atoms with van der Waals surface area (Å²) >= 11 is 0. The van der Waals surface area contributed by atoms with Gasteiger partial charge >= 0.3 is 5.97 Å². The number of aromatic amines is 1. The largest absolute Gasteiger partial charge is 0.462 e. The lowest BCUT2D eigenvalue weighted by Gasteiger charge is -2.03. The van der Waals surface area contributed by atoms with E-state index in [1.54, 1.807) is 19.1 Å². The van der Waals surface area contributed by atoms with Gasteiger partial charge in [-0.2, -0.15) is 5.26 Å². The lowest BCUT2D eigenvalue weighted by Crippen LogP contribution is -2.11. The molecule has 0 aliphatic heterocycles. The van der Waals surface area contributed by atoms with Gasteiger partial charge in [0.25, 0.3) is 5.56 Å². The second-order valence-corrected chi connectivity index (χ2v) is 4.72. The Morgan fingerprint density at radius 2 is 2.14 bits per heavy atom. The molecule has 0 radical (unpaired) electrons. The van der Waals surface area contributed by atoms with Crippen LogP contribution in [-0.2, 0) is 16.0 Å². The van der Waals surface area contributed by atoms with E-state index < -0.39 is 5.97 Å². The Hall–Kier alpha value is -2.87. The molecule has 1 heterocycles. The van der Waals surface area contributed by atoms with Crippen molar-refractivity contribution in [2.75, 3.05) is 6.61 Å². The van der Waals surface area contributed by atoms with Crippen LogP contribution in [0.5, 0.6) is 0 Å². The number of nitriles is 1. The molecule has 0 amide bonds. The summed E-state index contributed by atoms with van der Waals surface area (Å²) in [5.41, 5.74) is 1.56. The van der Waals surface area contributed by atoms with Crippen molar-refractivity contribution in [2.24, 2.45) is 0 Å². The van der Waals surface area contributed by atoms with Gasteiger partial charge in [-0.15, -0.1) is 0 Å². The third-order valence-electron chi connectivity index (χ3n) is 3.26. The van der Waals surface area contributed by atoms with Gasteiger partial charge in [-0.05, 0) is 48.6 Å². The lowest BCUT2D eigenvalue weighted by atomic mass is 10.1. The Labute approximate surface area is 127 Å². The minimum atomic E-state index is -0.730. The highest BCUT2D eigenvalue weighted by atomic mass is 16.5. The Morgan fingerprint density at radius 3 is 2.77 bits per heavy atom. The molecular formula is C17H16N2O3. The zero-order chi connectivity index (χ0) is 16.1. The monoisotopic (exact) mass is 296 g/mol. The van der Waals surface area contributed by atoms with Gasteiger partial charge in [-0.25, -0.2) is 4.79 Å². The second kappa shape index (κ2) is 6.72. The predicted molar refractivity (Wildman–Crippen MR) is 84.2 cm³/mol. The summed E-state index contributed by atoms with van der Waals surface area (Å²) in [6, 6.07) is 9.21. The van der Waals surface area contributed by atoms with E-state index in [2.05, 4.69) is 4.98 Å². The number of carbonyl (C=O) groups excluding carboxylic acids is 1. The molecule has 1 aromatic carbocycles. The second-order valence-electron chi connectivity index (χ2n) is 4.72. The quantitative estimate of drug-likeness (QED) is 0.534. The standard InChI is InChI=1S/C17H16N2O3/c1-3-11-5-6-15-12(7-11)8-13(16(20)19-15)9-14(10-18)17(21)22-4-2/h5-9H,3-4H2,1-2H3,(H,19,20). The fourth-order valence-electron chi connectivity index (χ4n) is 2.10. The Bertz CT molecular complexity index is 841. The minimum Gasteiger partial charge on any atom is -0.462 e. The summed E-state index contributed by atoms with van der Waals surface area (Å²) < 4.78 is 4.79. The average Bonchev–Trinajstić information content (AvgIpc) is 2.52. The highest BCUT2D eigenvalue weighted by molar-refractivity contribution is 5.98. The van der Waals surface area contributed by atoms with Gasteiger partial charge in [0.2, 0.25) is 0 Å². The van der Waals surface area contributed by atoms with Crippen molar-refractivity contribution in [3.63, 3.8) is 0 Å². The van der Waals surface area contributed by atoms with Gasteiger partial charge < -0.3 is 9.72 Å². The maximum absolute atomic E-state index is 12.1. The molecular weight excluding hydrogens is 280 g/mol. The van der Waals surface area contributed by atoms with Crippen molar-refractivity contribution in [3.05, 3.63) is 51.3 Å². The molecule has 0 bridgehead atoms. The van der Waals surface area contributed by atoms with Crippen LogP contribution < -0.4 is 5.56 Å². The Morgan fingerprint density at radius 1 is 1.36 bits per heavy atom. The lowest BCUT2D eigenvalue weighted by molar-refractivity contribution is -0.137. The molecule has 0 spiro atoms. The molecule has 0 atom stereocenters. The summed E-state index contributed by atoms with van der Waals surface area (Å²) in [6.45, 7) is 3.87. The molecule has 5 nitrogen and oxygen atoms in total. The number of ether oxygens (including phenoxy) is 1. The normalized spacial score (nSPS) is 11.2. The summed E-state index contributed by atoms with van der Waals surface area (Å²) in [7, 11) is 0. The number of H-pyrrole nitrogens is 1. The molecule has 0 aliphatic rings. The fraction of sp³-hybridized carbons (Fsp3) is 0.235. The van der Waals surface area contributed by atoms with Crippen LogP contribution in [0, 0.1) is 11.3 Å². The smallest absolute Gasteiger partial charge is 0.348 e. The minimum absolute atomic E-state index is 0.172. The third-order valence-corrected chi connectivity index (χ3v) is 3.26. The van der Waals surface area contributed by atoms with E-state index in [0.717, 1.165) is 17.4 Å². The number of pyridine rings is 1. The molecule has 1 N–H and O–H groups in total. The number of hydrogen-bond acceptors (Lipinski definition) is 4. The number of benzene rings is 1. The number of nitrogens with one attached hydrogen (secondary N) is 1. The van der Waals surface area contributed by atoms with E-state index in [4.69, 9.17) is 10.00 Å². The third kappa shape index (κ3) is 3.23. The zero-order valence-corrected chi connectivity index (χ0v) is 12.5. The highest BCUT2D eigenvalue weighted by Gasteiger charge is 2.11. The Balaban J connectivity index is 2.55. The average molecular weight is 296 g/mol. The van der Waals surface area contributed by atoms with Gasteiger partial charge in [-0.1, -0.05) is 13.0 Å². The molecule has 5 heteroatoms. The molecule has 0 saturated carbocycles. The molecule has 0 aliphatic carbocycles. The summed E-state index contributed by atoms with van der Waals surface area (Å²) in [5.74, 6) is -0.730. The first kappa shape index (κ1) is 15.5. The zero-order valence-electron chi connectivity index (χ0n) is 12.5. The van der Waals surface area contributed by atoms with Crippen LogP contribution in [0.3, 0.4) is 0 Å². The number of aryl methyl sites for hydroxylation is 1. The van der Waals surface area contributed by atoms with Crippen LogP contribution in [0.2, 0.25) is 0 Å². The summed E-state index contributed by atoms with van der Waals surface area (Å²) in [5, 5.41) is 9.89. The van der Waals surface area contributed by atoms with Crippen molar-refractivity contribution >= 4 is 22.9 Å². The number of fused-ring (bicyclic) bond motifs is 1. The van der Waals surface area contributed by atoms with Gasteiger partial charge in [0.1, 0.15) is 11.6 Å². The molecule has 112 valence electrons. The number of rotatable bonds is 4. The topological polar surface area (TPSA) is 82.9 Å². The fourth-order valence-corrected chi connectivity index (χ4v) is 2.10. The van der Waals surface area contributed by atoms with Crippen molar-refractivity contribution in [1.82, 2.24) is 4.98 Å². The van der Waals surface area contributed by atoms with Gasteiger partial charge in [0, 0.05) is 11.1 Å². The van der Waals surface area contributed by atoms with Crippen LogP contribution in [0.25, 0.3) is 17.0 Å². The number of nitrogens with zero attached hydrogens (tertiary/aromatic N) is 1. The molecule has 2 rings (SSSR count). The number of aromatic nitrogens is 1. The van der Waals surface area contributed by atoms with E-state index in [1.165, 1.54) is 6.08 Å². The van der Waals surface area contributed by atoms with Crippen molar-refractivity contribution in [3.8, 4) is 6.07 Å². The van der Waals surface area contributed by atoms with E-state index >= 15 is 0 Å². The molecule has 0 fully saturated rings. The van der Waals surface area contributed by atoms with Crippen LogP contribution >= 0.6 is 0 Å². The summed E-state index contributed by atoms with van der Waals surface area (Å²) in [6.07, 6.45) is 2.14. The van der Waals surface area contributed by atoms with Crippen molar-refractivity contribution in [1.29, 1.82) is 5.26 Å². The molecule has 0 unspecified atom stereocenters. The Kier molecular flexibility index (Phi) is 4.74. The van der Waals surface area contributed by atoms with Gasteiger partial charge in [0.15, 0.2) is 0 Å². The van der Waals surface area contributed by atoms with Gasteiger partial charge in [-0.3, -0.25) is 4.79 Å². The molecule has 2 aromatic rings. The maximum atomic E-state index is 12.1. The van der Waals surface area contributed by atoms with E-state index in [9.17, 15) is 9.59 Å². The van der Waals surface area contributed by atoms with Crippen molar-refractivity contribution < 1.29 is 9.53 Å². The predicted octanol–water partition coefficient (Wildman–Crippen LogP) is 2.56. The van der Waals surface area contributed by atoms with Gasteiger partial charge in [0.05, 0.1) is 6.61 Å². The van der Waals surface area contributed by atoms with Crippen LogP contribution in [0.4, 0.5) is 0 Å². The maximum Gasteiger partial charge on any atom is 0.348 e. The van der Waals surface area contributed by atoms with E-state index in [-0.39, 0.29) is 23.3 Å². The number of hydrogen-bond donors (Lipinski definition) is 1. The first-order valence-corrected chi connectivity index (χ1v) is 7.04. The molecule has 22 heavy (non-hydrogen) atoms. The van der Waals surface area contributed by atoms with Crippen LogP contribution in [-0.4, -0.2) is 17.6 Å². The van der Waals surface area contributed by atoms with Crippen molar-refractivity contribution in [2.45, 2.75) is 20.3 Å². The van der Waals surface area contributed by atoms with Crippen LogP contribution in [0.1, 0.15) is 25.0 Å². The first-order chi connectivity index (χ1) is 10.6. The van der Waals surface area contributed by atoms with E-state index in [0.29, 0.717) is 5.52 Å². The van der Waals surface area contributed by atoms with Crippen LogP contribution in [0.15, 0.2) is 34.6 Å². The van der Waals surface area contributed by atoms with E-state index in [1.807, 2.05) is 25.1 Å². The number of esters is 1. The SMILES string of the molecule is CCOC(=O)C(C#N)=Cc1cc2cc(CC)ccc2[nH]c1=O. The molecule has 1 aromatic heterocycles.